The molecule has 3 aromatic rings. The molecule has 1 N–H and O–H groups in total. The molecule has 0 bridgehead atoms. The summed E-state index contributed by atoms with van der Waals surface area (Å²) in [6.07, 6.45) is 2.69. The molecule has 0 spiro atoms. The van der Waals surface area contributed by atoms with Gasteiger partial charge in [0.25, 0.3) is 0 Å². The van der Waals surface area contributed by atoms with Crippen molar-refractivity contribution in [3.05, 3.63) is 76.9 Å². The van der Waals surface area contributed by atoms with Gasteiger partial charge in [0.05, 0.1) is 0 Å². The maximum atomic E-state index is 10.4. The molecule has 0 aromatic heterocycles. The van der Waals surface area contributed by atoms with Crippen LogP contribution in [-0.4, -0.2) is 5.11 Å². The van der Waals surface area contributed by atoms with Gasteiger partial charge in [-0.2, -0.15) is 0 Å². The summed E-state index contributed by atoms with van der Waals surface area (Å²) in [5.74, 6) is 0.472. The highest BCUT2D eigenvalue weighted by molar-refractivity contribution is 5.85. The van der Waals surface area contributed by atoms with Crippen LogP contribution in [0.1, 0.15) is 36.1 Å². The summed E-state index contributed by atoms with van der Waals surface area (Å²) < 4.78 is 0. The number of rotatable bonds is 3. The fourth-order valence-corrected chi connectivity index (χ4v) is 3.88. The smallest absolute Gasteiger partial charge is 0.121 e. The second kappa shape index (κ2) is 5.83. The number of phenolic OH excluding ortho intramolecular Hbond substituents is 1. The van der Waals surface area contributed by atoms with Crippen molar-refractivity contribution >= 4 is 0 Å². The minimum atomic E-state index is 0.472. The number of phenols is 1. The summed E-state index contributed by atoms with van der Waals surface area (Å²) in [5, 5.41) is 10.4. The normalized spacial score (nSPS) is 12.1. The highest BCUT2D eigenvalue weighted by Crippen LogP contribution is 2.42. The molecular weight excluding hydrogens is 292 g/mol. The number of fused-ring (bicyclic) bond motifs is 3. The number of hydrogen-bond donors (Lipinski definition) is 1. The van der Waals surface area contributed by atoms with Gasteiger partial charge in [-0.25, -0.2) is 0 Å². The van der Waals surface area contributed by atoms with E-state index in [-0.39, 0.29) is 0 Å². The van der Waals surface area contributed by atoms with Crippen molar-refractivity contribution in [1.29, 1.82) is 0 Å². The van der Waals surface area contributed by atoms with E-state index in [9.17, 15) is 5.11 Å². The van der Waals surface area contributed by atoms with Crippen LogP contribution in [0.3, 0.4) is 0 Å². The number of benzene rings is 3. The molecule has 120 valence electrons. The Balaban J connectivity index is 1.91. The first-order valence-corrected chi connectivity index (χ1v) is 8.78. The molecule has 0 amide bonds. The Morgan fingerprint density at radius 1 is 0.792 bits per heavy atom. The van der Waals surface area contributed by atoms with Crippen molar-refractivity contribution in [2.45, 2.75) is 33.1 Å². The van der Waals surface area contributed by atoms with Gasteiger partial charge in [0.1, 0.15) is 5.75 Å². The van der Waals surface area contributed by atoms with E-state index < -0.39 is 0 Å². The Kier molecular flexibility index (Phi) is 3.65. The predicted octanol–water partition coefficient (Wildman–Crippen LogP) is 5.76. The van der Waals surface area contributed by atoms with Gasteiger partial charge in [-0.15, -0.1) is 0 Å². The van der Waals surface area contributed by atoms with Crippen LogP contribution in [0.25, 0.3) is 22.3 Å². The molecule has 24 heavy (non-hydrogen) atoms. The fraction of sp³-hybridized carbons (Fsp3) is 0.217. The van der Waals surface area contributed by atoms with Crippen LogP contribution >= 0.6 is 0 Å². The average molecular weight is 314 g/mol. The molecule has 0 aliphatic heterocycles. The Bertz CT molecular complexity index is 896. The van der Waals surface area contributed by atoms with Gasteiger partial charge in [-0.1, -0.05) is 56.3 Å². The van der Waals surface area contributed by atoms with Gasteiger partial charge in [-0.05, 0) is 75.9 Å². The van der Waals surface area contributed by atoms with Crippen LogP contribution in [0.5, 0.6) is 5.75 Å². The second-order valence-electron chi connectivity index (χ2n) is 6.52. The van der Waals surface area contributed by atoms with Crippen LogP contribution in [0, 0.1) is 0 Å². The van der Waals surface area contributed by atoms with E-state index >= 15 is 0 Å². The van der Waals surface area contributed by atoms with Gasteiger partial charge in [0.2, 0.25) is 0 Å². The second-order valence-corrected chi connectivity index (χ2v) is 6.52. The third kappa shape index (κ3) is 2.24. The van der Waals surface area contributed by atoms with Crippen LogP contribution in [0.15, 0.2) is 54.6 Å². The Morgan fingerprint density at radius 3 is 2.12 bits per heavy atom. The summed E-state index contributed by atoms with van der Waals surface area (Å²) in [4.78, 5) is 0. The molecule has 0 unspecified atom stereocenters. The zero-order valence-corrected chi connectivity index (χ0v) is 14.3. The molecule has 4 rings (SSSR count). The highest BCUT2D eigenvalue weighted by Gasteiger charge is 2.21. The highest BCUT2D eigenvalue weighted by atomic mass is 16.3. The van der Waals surface area contributed by atoms with Crippen LogP contribution < -0.4 is 0 Å². The monoisotopic (exact) mass is 314 g/mol. The molecule has 0 heterocycles. The maximum absolute atomic E-state index is 10.4. The van der Waals surface area contributed by atoms with Crippen molar-refractivity contribution in [3.8, 4) is 28.0 Å². The van der Waals surface area contributed by atoms with Crippen LogP contribution in [0.4, 0.5) is 0 Å². The lowest BCUT2D eigenvalue weighted by Gasteiger charge is -2.14. The maximum Gasteiger partial charge on any atom is 0.121 e. The molecule has 0 atom stereocenters. The van der Waals surface area contributed by atoms with Gasteiger partial charge in [0.15, 0.2) is 0 Å². The summed E-state index contributed by atoms with van der Waals surface area (Å²) in [5.41, 5.74) is 10.1. The first-order valence-electron chi connectivity index (χ1n) is 8.78. The van der Waals surface area contributed by atoms with Gasteiger partial charge < -0.3 is 5.11 Å². The quantitative estimate of drug-likeness (QED) is 0.510. The first kappa shape index (κ1) is 15.0. The van der Waals surface area contributed by atoms with Crippen molar-refractivity contribution in [3.63, 3.8) is 0 Å². The lowest BCUT2D eigenvalue weighted by Crippen LogP contribution is -1.94. The molecular formula is C23H22O. The van der Waals surface area contributed by atoms with E-state index in [0.29, 0.717) is 5.75 Å². The molecule has 1 nitrogen and oxygen atoms in total. The van der Waals surface area contributed by atoms with E-state index in [1.165, 1.54) is 33.4 Å². The molecule has 0 radical (unpaired) electrons. The molecule has 0 fully saturated rings. The Morgan fingerprint density at radius 2 is 1.42 bits per heavy atom. The average Bonchev–Trinajstić information content (AvgIpc) is 3.00. The van der Waals surface area contributed by atoms with Gasteiger partial charge in [0, 0.05) is 0 Å². The topological polar surface area (TPSA) is 20.2 Å². The van der Waals surface area contributed by atoms with E-state index in [2.05, 4.69) is 68.4 Å². The summed E-state index contributed by atoms with van der Waals surface area (Å²) in [6, 6.07) is 19.6. The van der Waals surface area contributed by atoms with E-state index in [4.69, 9.17) is 0 Å². The summed E-state index contributed by atoms with van der Waals surface area (Å²) in [7, 11) is 0. The third-order valence-corrected chi connectivity index (χ3v) is 5.19. The minimum absolute atomic E-state index is 0.472. The molecule has 0 saturated heterocycles. The number of aryl methyl sites for hydroxylation is 2. The summed E-state index contributed by atoms with van der Waals surface area (Å²) >= 11 is 0. The van der Waals surface area contributed by atoms with Crippen LogP contribution in [0.2, 0.25) is 0 Å². The van der Waals surface area contributed by atoms with Crippen molar-refractivity contribution in [1.82, 2.24) is 0 Å². The Hall–Kier alpha value is -2.54. The van der Waals surface area contributed by atoms with Crippen molar-refractivity contribution in [2.24, 2.45) is 0 Å². The standard InChI is InChI=1S/C23H22O/c1-3-15-12-18(13-16(4-2)23(15)24)20-10-7-11-21-19-9-6-5-8-17(19)14-22(20)21/h5-13,24H,3-4,14H2,1-2H3. The number of hydrogen-bond acceptors (Lipinski definition) is 1. The van der Waals surface area contributed by atoms with Crippen LogP contribution in [-0.2, 0) is 19.3 Å². The minimum Gasteiger partial charge on any atom is -0.507 e. The zero-order chi connectivity index (χ0) is 16.7. The largest absolute Gasteiger partial charge is 0.507 e. The molecule has 3 aromatic carbocycles. The van der Waals surface area contributed by atoms with Gasteiger partial charge >= 0.3 is 0 Å². The van der Waals surface area contributed by atoms with Crippen molar-refractivity contribution in [2.75, 3.05) is 0 Å². The van der Waals surface area contributed by atoms with E-state index in [1.54, 1.807) is 0 Å². The molecule has 1 aliphatic rings. The summed E-state index contributed by atoms with van der Waals surface area (Å²) in [6.45, 7) is 4.20. The van der Waals surface area contributed by atoms with E-state index in [1.807, 2.05) is 0 Å². The van der Waals surface area contributed by atoms with E-state index in [0.717, 1.165) is 30.4 Å². The Labute approximate surface area is 143 Å². The zero-order valence-electron chi connectivity index (χ0n) is 14.3. The fourth-order valence-electron chi connectivity index (χ4n) is 3.88. The molecule has 0 saturated carbocycles. The lowest BCUT2D eigenvalue weighted by molar-refractivity contribution is 0.462. The van der Waals surface area contributed by atoms with Gasteiger partial charge in [-0.3, -0.25) is 0 Å². The third-order valence-electron chi connectivity index (χ3n) is 5.19. The predicted molar refractivity (Wildman–Crippen MR) is 101 cm³/mol. The molecule has 1 aliphatic carbocycles. The number of aromatic hydroxyl groups is 1. The molecule has 1 heteroatoms. The van der Waals surface area contributed by atoms with Crippen molar-refractivity contribution < 1.29 is 5.11 Å². The SMILES string of the molecule is CCc1cc(-c2cccc3c2Cc2ccccc2-3)cc(CC)c1O. The first-order chi connectivity index (χ1) is 11.7. The lowest BCUT2D eigenvalue weighted by atomic mass is 9.92.